The standard InChI is InChI=1S/C19H24F2N4O/c1-13-9-15(10-14(2)18(13)26-19(20)21)11-22-16-5-4-8-25(12-16)17-6-3-7-23-24-17/h3,6-7,9-10,16,19,22H,4-5,8,11-12H2,1-2H3. The Morgan fingerprint density at radius 3 is 2.73 bits per heavy atom. The highest BCUT2D eigenvalue weighted by atomic mass is 19.3. The Labute approximate surface area is 152 Å². The third-order valence-electron chi connectivity index (χ3n) is 4.63. The molecular formula is C19H24F2N4O. The number of halogens is 2. The van der Waals surface area contributed by atoms with E-state index < -0.39 is 6.61 Å². The number of piperidine rings is 1. The maximum absolute atomic E-state index is 12.5. The van der Waals surface area contributed by atoms with E-state index in [0.29, 0.717) is 12.6 Å². The lowest BCUT2D eigenvalue weighted by atomic mass is 10.0. The van der Waals surface area contributed by atoms with Crippen LogP contribution in [0, 0.1) is 13.8 Å². The predicted molar refractivity (Wildman–Crippen MR) is 96.7 cm³/mol. The molecule has 2 heterocycles. The molecule has 7 heteroatoms. The predicted octanol–water partition coefficient (Wildman–Crippen LogP) is 3.45. The van der Waals surface area contributed by atoms with Gasteiger partial charge >= 0.3 is 6.61 Å². The van der Waals surface area contributed by atoms with Crippen LogP contribution in [0.2, 0.25) is 0 Å². The van der Waals surface area contributed by atoms with Crippen LogP contribution < -0.4 is 15.0 Å². The largest absolute Gasteiger partial charge is 0.434 e. The van der Waals surface area contributed by atoms with Gasteiger partial charge in [0.2, 0.25) is 0 Å². The van der Waals surface area contributed by atoms with Gasteiger partial charge in [0.15, 0.2) is 5.82 Å². The van der Waals surface area contributed by atoms with Crippen molar-refractivity contribution in [3.05, 3.63) is 47.2 Å². The highest BCUT2D eigenvalue weighted by molar-refractivity contribution is 5.43. The van der Waals surface area contributed by atoms with Crippen molar-refractivity contribution in [3.63, 3.8) is 0 Å². The van der Waals surface area contributed by atoms with Crippen LogP contribution in [0.4, 0.5) is 14.6 Å². The quantitative estimate of drug-likeness (QED) is 0.853. The number of aryl methyl sites for hydroxylation is 2. The molecule has 0 radical (unpaired) electrons. The number of anilines is 1. The summed E-state index contributed by atoms with van der Waals surface area (Å²) in [6.07, 6.45) is 3.87. The van der Waals surface area contributed by atoms with Crippen molar-refractivity contribution in [1.82, 2.24) is 15.5 Å². The lowest BCUT2D eigenvalue weighted by Gasteiger charge is -2.33. The average molecular weight is 362 g/mol. The second-order valence-corrected chi connectivity index (χ2v) is 6.69. The third kappa shape index (κ3) is 4.66. The Balaban J connectivity index is 1.60. The number of nitrogens with zero attached hydrogens (tertiary/aromatic N) is 3. The van der Waals surface area contributed by atoms with Gasteiger partial charge in [-0.15, -0.1) is 5.10 Å². The van der Waals surface area contributed by atoms with E-state index in [4.69, 9.17) is 0 Å². The Morgan fingerprint density at radius 1 is 1.31 bits per heavy atom. The summed E-state index contributed by atoms with van der Waals surface area (Å²) < 4.78 is 29.6. The zero-order chi connectivity index (χ0) is 18.5. The van der Waals surface area contributed by atoms with E-state index >= 15 is 0 Å². The molecule has 1 atom stereocenters. The minimum Gasteiger partial charge on any atom is -0.434 e. The molecule has 0 bridgehead atoms. The summed E-state index contributed by atoms with van der Waals surface area (Å²) >= 11 is 0. The van der Waals surface area contributed by atoms with Crippen LogP contribution in [0.1, 0.15) is 29.5 Å². The molecule has 1 aliphatic heterocycles. The van der Waals surface area contributed by atoms with Gasteiger partial charge < -0.3 is 15.0 Å². The minimum atomic E-state index is -2.80. The Hall–Kier alpha value is -2.28. The van der Waals surface area contributed by atoms with Crippen LogP contribution in [-0.4, -0.2) is 35.9 Å². The number of aromatic nitrogens is 2. The van der Waals surface area contributed by atoms with Crippen LogP contribution >= 0.6 is 0 Å². The topological polar surface area (TPSA) is 50.3 Å². The van der Waals surface area contributed by atoms with Crippen LogP contribution in [0.15, 0.2) is 30.5 Å². The van der Waals surface area contributed by atoms with Gasteiger partial charge in [-0.1, -0.05) is 12.1 Å². The highest BCUT2D eigenvalue weighted by Crippen LogP contribution is 2.26. The average Bonchev–Trinajstić information content (AvgIpc) is 2.64. The Morgan fingerprint density at radius 2 is 2.08 bits per heavy atom. The van der Waals surface area contributed by atoms with Gasteiger partial charge in [-0.05, 0) is 55.5 Å². The number of nitrogens with one attached hydrogen (secondary N) is 1. The molecule has 1 N–H and O–H groups in total. The first-order valence-corrected chi connectivity index (χ1v) is 8.84. The molecule has 1 aromatic heterocycles. The molecule has 0 saturated carbocycles. The molecular weight excluding hydrogens is 338 g/mol. The molecule has 1 aromatic carbocycles. The lowest BCUT2D eigenvalue weighted by Crippen LogP contribution is -2.45. The fourth-order valence-electron chi connectivity index (χ4n) is 3.49. The van der Waals surface area contributed by atoms with Crippen molar-refractivity contribution in [2.75, 3.05) is 18.0 Å². The summed E-state index contributed by atoms with van der Waals surface area (Å²) in [5.41, 5.74) is 2.53. The van der Waals surface area contributed by atoms with Crippen molar-refractivity contribution in [1.29, 1.82) is 0 Å². The fourth-order valence-corrected chi connectivity index (χ4v) is 3.49. The Bertz CT molecular complexity index is 704. The first-order chi connectivity index (χ1) is 12.5. The second kappa shape index (κ2) is 8.40. The van der Waals surface area contributed by atoms with Gasteiger partial charge in [-0.2, -0.15) is 13.9 Å². The van der Waals surface area contributed by atoms with Crippen molar-refractivity contribution in [2.45, 2.75) is 45.9 Å². The number of rotatable bonds is 6. The number of alkyl halides is 2. The first kappa shape index (κ1) is 18.5. The molecule has 1 saturated heterocycles. The molecule has 1 aliphatic rings. The van der Waals surface area contributed by atoms with E-state index in [9.17, 15) is 8.78 Å². The fraction of sp³-hybridized carbons (Fsp3) is 0.474. The van der Waals surface area contributed by atoms with Gasteiger partial charge in [-0.3, -0.25) is 0 Å². The highest BCUT2D eigenvalue weighted by Gasteiger charge is 2.21. The molecule has 5 nitrogen and oxygen atoms in total. The molecule has 3 rings (SSSR count). The second-order valence-electron chi connectivity index (χ2n) is 6.69. The van der Waals surface area contributed by atoms with Gasteiger partial charge in [0, 0.05) is 31.9 Å². The van der Waals surface area contributed by atoms with Gasteiger partial charge in [0.1, 0.15) is 5.75 Å². The first-order valence-electron chi connectivity index (χ1n) is 8.84. The van der Waals surface area contributed by atoms with E-state index in [1.165, 1.54) is 0 Å². The van der Waals surface area contributed by atoms with Crippen LogP contribution in [0.25, 0.3) is 0 Å². The maximum Gasteiger partial charge on any atom is 0.387 e. The van der Waals surface area contributed by atoms with Crippen molar-refractivity contribution in [3.8, 4) is 5.75 Å². The number of hydrogen-bond acceptors (Lipinski definition) is 5. The molecule has 2 aromatic rings. The van der Waals surface area contributed by atoms with E-state index in [1.807, 2.05) is 24.3 Å². The number of hydrogen-bond donors (Lipinski definition) is 1. The Kier molecular flexibility index (Phi) is 5.98. The summed E-state index contributed by atoms with van der Waals surface area (Å²) in [6, 6.07) is 8.03. The van der Waals surface area contributed by atoms with Gasteiger partial charge in [0.05, 0.1) is 0 Å². The molecule has 0 aliphatic carbocycles. The van der Waals surface area contributed by atoms with Crippen molar-refractivity contribution < 1.29 is 13.5 Å². The van der Waals surface area contributed by atoms with E-state index in [-0.39, 0.29) is 5.75 Å². The summed E-state index contributed by atoms with van der Waals surface area (Å²) in [6.45, 7) is 3.34. The summed E-state index contributed by atoms with van der Waals surface area (Å²) in [5.74, 6) is 1.18. The molecule has 0 spiro atoms. The van der Waals surface area contributed by atoms with E-state index in [2.05, 4.69) is 25.2 Å². The molecule has 1 unspecified atom stereocenters. The minimum absolute atomic E-state index is 0.273. The summed E-state index contributed by atoms with van der Waals surface area (Å²) in [7, 11) is 0. The lowest BCUT2D eigenvalue weighted by molar-refractivity contribution is -0.0507. The van der Waals surface area contributed by atoms with Crippen LogP contribution in [0.5, 0.6) is 5.75 Å². The molecule has 140 valence electrons. The maximum atomic E-state index is 12.5. The van der Waals surface area contributed by atoms with Crippen molar-refractivity contribution in [2.24, 2.45) is 0 Å². The van der Waals surface area contributed by atoms with Gasteiger partial charge in [0.25, 0.3) is 0 Å². The van der Waals surface area contributed by atoms with E-state index in [0.717, 1.165) is 48.4 Å². The monoisotopic (exact) mass is 362 g/mol. The number of ether oxygens (including phenoxy) is 1. The van der Waals surface area contributed by atoms with Gasteiger partial charge in [-0.25, -0.2) is 0 Å². The van der Waals surface area contributed by atoms with Crippen molar-refractivity contribution >= 4 is 5.82 Å². The summed E-state index contributed by atoms with van der Waals surface area (Å²) in [4.78, 5) is 2.24. The van der Waals surface area contributed by atoms with Crippen LogP contribution in [0.3, 0.4) is 0 Å². The van der Waals surface area contributed by atoms with E-state index in [1.54, 1.807) is 20.0 Å². The smallest absolute Gasteiger partial charge is 0.387 e. The molecule has 1 fully saturated rings. The SMILES string of the molecule is Cc1cc(CNC2CCCN(c3cccnn3)C2)cc(C)c1OC(F)F. The molecule has 0 amide bonds. The number of benzene rings is 1. The summed E-state index contributed by atoms with van der Waals surface area (Å²) in [5, 5.41) is 11.7. The molecule has 26 heavy (non-hydrogen) atoms. The zero-order valence-corrected chi connectivity index (χ0v) is 15.1. The van der Waals surface area contributed by atoms with Crippen LogP contribution in [-0.2, 0) is 6.54 Å². The normalized spacial score (nSPS) is 17.6. The third-order valence-corrected chi connectivity index (χ3v) is 4.63. The zero-order valence-electron chi connectivity index (χ0n) is 15.1.